The normalized spacial score (nSPS) is 24.1. The first-order chi connectivity index (χ1) is 9.02. The molecule has 2 atom stereocenters. The summed E-state index contributed by atoms with van der Waals surface area (Å²) in [6, 6.07) is 0.732. The smallest absolute Gasteiger partial charge is 0.0767 e. The van der Waals surface area contributed by atoms with E-state index in [2.05, 4.69) is 53.9 Å². The van der Waals surface area contributed by atoms with Gasteiger partial charge in [0.05, 0.1) is 15.9 Å². The monoisotopic (exact) mass is 327 g/mol. The van der Waals surface area contributed by atoms with Crippen LogP contribution < -0.4 is 0 Å². The maximum atomic E-state index is 4.58. The van der Waals surface area contributed by atoms with E-state index >= 15 is 0 Å². The summed E-state index contributed by atoms with van der Waals surface area (Å²) in [6.07, 6.45) is 6.45. The molecule has 0 radical (unpaired) electrons. The van der Waals surface area contributed by atoms with Crippen molar-refractivity contribution in [1.29, 1.82) is 0 Å². The highest BCUT2D eigenvalue weighted by Crippen LogP contribution is 2.29. The van der Waals surface area contributed by atoms with Gasteiger partial charge in [-0.25, -0.2) is 0 Å². The zero-order valence-electron chi connectivity index (χ0n) is 12.6. The van der Waals surface area contributed by atoms with Crippen LogP contribution >= 0.6 is 15.9 Å². The van der Waals surface area contributed by atoms with Gasteiger partial charge in [-0.3, -0.25) is 9.58 Å². The second-order valence-electron chi connectivity index (χ2n) is 6.03. The van der Waals surface area contributed by atoms with Crippen LogP contribution in [0.4, 0.5) is 0 Å². The van der Waals surface area contributed by atoms with E-state index in [0.717, 1.165) is 24.9 Å². The van der Waals surface area contributed by atoms with E-state index in [-0.39, 0.29) is 0 Å². The summed E-state index contributed by atoms with van der Waals surface area (Å²) < 4.78 is 3.24. The molecule has 19 heavy (non-hydrogen) atoms. The minimum atomic E-state index is 0.732. The van der Waals surface area contributed by atoms with Gasteiger partial charge in [-0.1, -0.05) is 26.7 Å². The van der Waals surface area contributed by atoms with E-state index in [9.17, 15) is 0 Å². The zero-order chi connectivity index (χ0) is 14.0. The Morgan fingerprint density at radius 3 is 2.74 bits per heavy atom. The van der Waals surface area contributed by atoms with E-state index in [1.54, 1.807) is 0 Å². The Balaban J connectivity index is 2.06. The Hall–Kier alpha value is -0.350. The largest absolute Gasteiger partial charge is 0.298 e. The van der Waals surface area contributed by atoms with E-state index in [1.165, 1.54) is 41.5 Å². The van der Waals surface area contributed by atoms with Crippen molar-refractivity contribution in [3.8, 4) is 0 Å². The van der Waals surface area contributed by atoms with Crippen molar-refractivity contribution in [2.24, 2.45) is 13.0 Å². The van der Waals surface area contributed by atoms with Crippen LogP contribution in [0.1, 0.15) is 50.9 Å². The third-order valence-electron chi connectivity index (χ3n) is 4.43. The van der Waals surface area contributed by atoms with Gasteiger partial charge in [0, 0.05) is 19.6 Å². The molecular formula is C15H26BrN3. The average Bonchev–Trinajstić information content (AvgIpc) is 2.66. The van der Waals surface area contributed by atoms with E-state index in [1.807, 2.05) is 4.68 Å². The molecule has 0 aliphatic heterocycles. The minimum Gasteiger partial charge on any atom is -0.298 e. The van der Waals surface area contributed by atoms with Crippen LogP contribution in [0, 0.1) is 5.92 Å². The molecule has 0 spiro atoms. The highest BCUT2D eigenvalue weighted by Gasteiger charge is 2.24. The Kier molecular flexibility index (Phi) is 5.07. The molecule has 1 heterocycles. The van der Waals surface area contributed by atoms with Crippen molar-refractivity contribution in [1.82, 2.24) is 14.7 Å². The summed E-state index contributed by atoms with van der Waals surface area (Å²) in [5, 5.41) is 4.58. The third-order valence-corrected chi connectivity index (χ3v) is 5.35. The molecule has 0 N–H and O–H groups in total. The Bertz CT molecular complexity index is 427. The van der Waals surface area contributed by atoms with Crippen LogP contribution in [0.5, 0.6) is 0 Å². The summed E-state index contributed by atoms with van der Waals surface area (Å²) in [5.74, 6) is 0.877. The molecule has 1 aromatic heterocycles. The predicted molar refractivity (Wildman–Crippen MR) is 83.2 cm³/mol. The molecule has 3 nitrogen and oxygen atoms in total. The predicted octanol–water partition coefficient (Wildman–Crippen LogP) is 3.76. The zero-order valence-corrected chi connectivity index (χ0v) is 14.2. The molecule has 1 aliphatic rings. The lowest BCUT2D eigenvalue weighted by Gasteiger charge is -2.34. The fourth-order valence-electron chi connectivity index (χ4n) is 3.16. The summed E-state index contributed by atoms with van der Waals surface area (Å²) in [6.45, 7) is 5.53. The molecule has 4 heteroatoms. The van der Waals surface area contributed by atoms with Gasteiger partial charge in [0.25, 0.3) is 0 Å². The molecular weight excluding hydrogens is 302 g/mol. The highest BCUT2D eigenvalue weighted by molar-refractivity contribution is 9.10. The van der Waals surface area contributed by atoms with Gasteiger partial charge in [0.15, 0.2) is 0 Å². The standard InChI is InChI=1S/C15H26BrN3/c1-5-13-15(16)14(19(4)17-13)10-18(3)12-8-6-7-11(2)9-12/h11-12H,5-10H2,1-4H3. The molecule has 0 saturated heterocycles. The number of hydrogen-bond donors (Lipinski definition) is 0. The van der Waals surface area contributed by atoms with Crippen molar-refractivity contribution >= 4 is 15.9 Å². The topological polar surface area (TPSA) is 21.1 Å². The number of nitrogens with zero attached hydrogens (tertiary/aromatic N) is 3. The lowest BCUT2D eigenvalue weighted by molar-refractivity contribution is 0.154. The number of halogens is 1. The van der Waals surface area contributed by atoms with Gasteiger partial charge in [0.2, 0.25) is 0 Å². The number of aryl methyl sites for hydroxylation is 2. The number of hydrogen-bond acceptors (Lipinski definition) is 2. The van der Waals surface area contributed by atoms with E-state index < -0.39 is 0 Å². The van der Waals surface area contributed by atoms with Gasteiger partial charge in [-0.05, 0) is 48.2 Å². The fourth-order valence-corrected chi connectivity index (χ4v) is 3.90. The highest BCUT2D eigenvalue weighted by atomic mass is 79.9. The van der Waals surface area contributed by atoms with Crippen molar-refractivity contribution in [3.63, 3.8) is 0 Å². The maximum Gasteiger partial charge on any atom is 0.0767 e. The Morgan fingerprint density at radius 2 is 2.16 bits per heavy atom. The van der Waals surface area contributed by atoms with Crippen molar-refractivity contribution < 1.29 is 0 Å². The maximum absolute atomic E-state index is 4.58. The van der Waals surface area contributed by atoms with Crippen LogP contribution in [-0.4, -0.2) is 27.8 Å². The van der Waals surface area contributed by atoms with Crippen molar-refractivity contribution in [2.45, 2.75) is 58.5 Å². The first kappa shape index (κ1) is 15.0. The molecule has 2 rings (SSSR count). The average molecular weight is 328 g/mol. The molecule has 0 aromatic carbocycles. The Labute approximate surface area is 125 Å². The van der Waals surface area contributed by atoms with Crippen LogP contribution in [0.2, 0.25) is 0 Å². The van der Waals surface area contributed by atoms with Crippen molar-refractivity contribution in [2.75, 3.05) is 7.05 Å². The van der Waals surface area contributed by atoms with E-state index in [4.69, 9.17) is 0 Å². The van der Waals surface area contributed by atoms with E-state index in [0.29, 0.717) is 0 Å². The van der Waals surface area contributed by atoms with Crippen LogP contribution in [0.15, 0.2) is 4.47 Å². The molecule has 1 aromatic rings. The quantitative estimate of drug-likeness (QED) is 0.839. The van der Waals surface area contributed by atoms with Gasteiger partial charge in [-0.15, -0.1) is 0 Å². The molecule has 0 bridgehead atoms. The number of aromatic nitrogens is 2. The summed E-state index contributed by atoms with van der Waals surface area (Å²) in [7, 11) is 4.31. The van der Waals surface area contributed by atoms with Crippen molar-refractivity contribution in [3.05, 3.63) is 15.9 Å². The SMILES string of the molecule is CCc1nn(C)c(CN(C)C2CCCC(C)C2)c1Br. The second kappa shape index (κ2) is 6.40. The Morgan fingerprint density at radius 1 is 1.42 bits per heavy atom. The molecule has 0 amide bonds. The first-order valence-corrected chi connectivity index (χ1v) is 8.22. The third kappa shape index (κ3) is 3.40. The van der Waals surface area contributed by atoms with Gasteiger partial charge >= 0.3 is 0 Å². The van der Waals surface area contributed by atoms with Crippen LogP contribution in [-0.2, 0) is 20.0 Å². The second-order valence-corrected chi connectivity index (χ2v) is 6.82. The van der Waals surface area contributed by atoms with Gasteiger partial charge in [0.1, 0.15) is 0 Å². The lowest BCUT2D eigenvalue weighted by Crippen LogP contribution is -2.35. The molecule has 2 unspecified atom stereocenters. The minimum absolute atomic E-state index is 0.732. The molecule has 1 saturated carbocycles. The first-order valence-electron chi connectivity index (χ1n) is 7.43. The molecule has 1 aliphatic carbocycles. The fraction of sp³-hybridized carbons (Fsp3) is 0.800. The van der Waals surface area contributed by atoms with Crippen LogP contribution in [0.3, 0.4) is 0 Å². The summed E-state index contributed by atoms with van der Waals surface area (Å²) in [5.41, 5.74) is 2.47. The number of rotatable bonds is 4. The summed E-state index contributed by atoms with van der Waals surface area (Å²) in [4.78, 5) is 2.51. The van der Waals surface area contributed by atoms with Gasteiger partial charge in [-0.2, -0.15) is 5.10 Å². The van der Waals surface area contributed by atoms with Gasteiger partial charge < -0.3 is 0 Å². The summed E-state index contributed by atoms with van der Waals surface area (Å²) >= 11 is 3.72. The molecule has 108 valence electrons. The molecule has 1 fully saturated rings. The van der Waals surface area contributed by atoms with Crippen LogP contribution in [0.25, 0.3) is 0 Å². The lowest BCUT2D eigenvalue weighted by atomic mass is 9.86.